The molecule has 0 atom stereocenters. The molecule has 1 fully saturated rings. The van der Waals surface area contributed by atoms with E-state index < -0.39 is 0 Å². The number of nitrogens with zero attached hydrogens (tertiary/aromatic N) is 1. The predicted molar refractivity (Wildman–Crippen MR) is 113 cm³/mol. The average molecular weight is 401 g/mol. The summed E-state index contributed by atoms with van der Waals surface area (Å²) in [6, 6.07) is 16.0. The summed E-state index contributed by atoms with van der Waals surface area (Å²) >= 11 is 1.57. The third-order valence-corrected chi connectivity index (χ3v) is 5.80. The molecule has 28 heavy (non-hydrogen) atoms. The van der Waals surface area contributed by atoms with Crippen LogP contribution in [0, 0.1) is 6.92 Å². The maximum absolute atomic E-state index is 12.2. The van der Waals surface area contributed by atoms with Crippen LogP contribution in [0.1, 0.15) is 11.1 Å². The molecule has 2 aromatic rings. The lowest BCUT2D eigenvalue weighted by Gasteiger charge is -2.26. The molecule has 150 valence electrons. The Hall–Kier alpha value is -2.02. The second-order valence-corrected chi connectivity index (χ2v) is 7.80. The third-order valence-electron chi connectivity index (χ3n) is 4.62. The summed E-state index contributed by atoms with van der Waals surface area (Å²) in [5.74, 6) is 1.29. The quantitative estimate of drug-likeness (QED) is 0.656. The zero-order valence-corrected chi connectivity index (χ0v) is 17.2. The van der Waals surface area contributed by atoms with Crippen molar-refractivity contribution in [1.82, 2.24) is 10.2 Å². The number of hydrogen-bond acceptors (Lipinski definition) is 5. The Morgan fingerprint density at radius 1 is 1.18 bits per heavy atom. The number of aryl methyl sites for hydroxylation is 1. The van der Waals surface area contributed by atoms with E-state index in [4.69, 9.17) is 9.47 Å². The number of morpholine rings is 1. The molecular weight excluding hydrogens is 372 g/mol. The van der Waals surface area contributed by atoms with E-state index in [1.165, 1.54) is 5.56 Å². The van der Waals surface area contributed by atoms with Gasteiger partial charge in [-0.25, -0.2) is 0 Å². The van der Waals surface area contributed by atoms with Crippen LogP contribution >= 0.6 is 11.8 Å². The fourth-order valence-electron chi connectivity index (χ4n) is 2.98. The van der Waals surface area contributed by atoms with E-state index in [1.54, 1.807) is 11.8 Å². The minimum atomic E-state index is 0.0342. The molecule has 1 aliphatic heterocycles. The Labute approximate surface area is 171 Å². The first-order chi connectivity index (χ1) is 13.7. The van der Waals surface area contributed by atoms with Gasteiger partial charge in [0, 0.05) is 31.1 Å². The lowest BCUT2D eigenvalue weighted by molar-refractivity contribution is -0.118. The minimum Gasteiger partial charge on any atom is -0.492 e. The third kappa shape index (κ3) is 6.86. The Morgan fingerprint density at radius 3 is 2.82 bits per heavy atom. The van der Waals surface area contributed by atoms with Gasteiger partial charge in [-0.3, -0.25) is 9.69 Å². The van der Waals surface area contributed by atoms with Gasteiger partial charge in [0.2, 0.25) is 5.91 Å². The molecule has 0 aliphatic carbocycles. The molecule has 2 aromatic carbocycles. The number of ether oxygens (including phenoxy) is 2. The van der Waals surface area contributed by atoms with Gasteiger partial charge in [-0.1, -0.05) is 30.3 Å². The molecule has 5 nitrogen and oxygen atoms in total. The monoisotopic (exact) mass is 400 g/mol. The van der Waals surface area contributed by atoms with Gasteiger partial charge < -0.3 is 14.8 Å². The fourth-order valence-corrected chi connectivity index (χ4v) is 3.84. The van der Waals surface area contributed by atoms with Crippen LogP contribution in [0.3, 0.4) is 0 Å². The van der Waals surface area contributed by atoms with Crippen LogP contribution in [0.15, 0.2) is 53.4 Å². The molecule has 0 aromatic heterocycles. The Morgan fingerprint density at radius 2 is 2.00 bits per heavy atom. The Kier molecular flexibility index (Phi) is 8.21. The maximum atomic E-state index is 12.2. The Bertz CT molecular complexity index is 763. The molecule has 1 heterocycles. The minimum absolute atomic E-state index is 0.0342. The molecule has 0 spiro atoms. The molecule has 1 amide bonds. The van der Waals surface area contributed by atoms with Crippen LogP contribution in [-0.2, 0) is 16.1 Å². The highest BCUT2D eigenvalue weighted by molar-refractivity contribution is 8.00. The molecular formula is C22H28N2O3S. The van der Waals surface area contributed by atoms with Crippen LogP contribution in [0.5, 0.6) is 5.75 Å². The summed E-state index contributed by atoms with van der Waals surface area (Å²) < 4.78 is 11.2. The molecule has 0 bridgehead atoms. The summed E-state index contributed by atoms with van der Waals surface area (Å²) in [6.45, 7) is 7.67. The molecule has 0 saturated carbocycles. The van der Waals surface area contributed by atoms with Crippen molar-refractivity contribution in [3.8, 4) is 5.75 Å². The molecule has 3 rings (SSSR count). The largest absolute Gasteiger partial charge is 0.492 e. The van der Waals surface area contributed by atoms with E-state index in [9.17, 15) is 4.79 Å². The highest BCUT2D eigenvalue weighted by Crippen LogP contribution is 2.21. The topological polar surface area (TPSA) is 50.8 Å². The van der Waals surface area contributed by atoms with E-state index in [1.807, 2.05) is 42.5 Å². The van der Waals surface area contributed by atoms with Crippen molar-refractivity contribution >= 4 is 17.7 Å². The van der Waals surface area contributed by atoms with Gasteiger partial charge >= 0.3 is 0 Å². The van der Waals surface area contributed by atoms with Crippen molar-refractivity contribution in [3.05, 3.63) is 59.7 Å². The van der Waals surface area contributed by atoms with Gasteiger partial charge in [-0.2, -0.15) is 0 Å². The number of benzene rings is 2. The average Bonchev–Trinajstić information content (AvgIpc) is 2.73. The summed E-state index contributed by atoms with van der Waals surface area (Å²) in [7, 11) is 0. The first kappa shape index (κ1) is 20.7. The number of amides is 1. The SMILES string of the molecule is Cc1ccccc1SCC(=O)NCc1cccc(OCCN2CCOCC2)c1. The van der Waals surface area contributed by atoms with Gasteiger partial charge in [-0.15, -0.1) is 11.8 Å². The summed E-state index contributed by atoms with van der Waals surface area (Å²) in [4.78, 5) is 15.6. The number of hydrogen-bond donors (Lipinski definition) is 1. The smallest absolute Gasteiger partial charge is 0.230 e. The van der Waals surface area contributed by atoms with Crippen LogP contribution in [0.2, 0.25) is 0 Å². The second-order valence-electron chi connectivity index (χ2n) is 6.78. The highest BCUT2D eigenvalue weighted by Gasteiger charge is 2.10. The number of nitrogens with one attached hydrogen (secondary N) is 1. The lowest BCUT2D eigenvalue weighted by Crippen LogP contribution is -2.38. The standard InChI is InChI=1S/C22H28N2O3S/c1-18-5-2-3-8-21(18)28-17-22(25)23-16-19-6-4-7-20(15-19)27-14-11-24-9-12-26-13-10-24/h2-8,15H,9-14,16-17H2,1H3,(H,23,25). The van der Waals surface area contributed by atoms with Crippen LogP contribution in [0.4, 0.5) is 0 Å². The zero-order valence-electron chi connectivity index (χ0n) is 16.4. The van der Waals surface area contributed by atoms with Gasteiger partial charge in [0.15, 0.2) is 0 Å². The first-order valence-electron chi connectivity index (χ1n) is 9.68. The molecule has 0 unspecified atom stereocenters. The molecule has 0 radical (unpaired) electrons. The predicted octanol–water partition coefficient (Wildman–Crippen LogP) is 3.11. The van der Waals surface area contributed by atoms with Crippen molar-refractivity contribution in [1.29, 1.82) is 0 Å². The molecule has 1 saturated heterocycles. The number of thioether (sulfide) groups is 1. The van der Waals surface area contributed by atoms with E-state index in [0.717, 1.165) is 49.1 Å². The van der Waals surface area contributed by atoms with Crippen molar-refractivity contribution in [2.75, 3.05) is 45.2 Å². The normalized spacial score (nSPS) is 14.6. The maximum Gasteiger partial charge on any atom is 0.230 e. The van der Waals surface area contributed by atoms with Crippen molar-refractivity contribution in [2.45, 2.75) is 18.4 Å². The first-order valence-corrected chi connectivity index (χ1v) is 10.7. The van der Waals surface area contributed by atoms with E-state index >= 15 is 0 Å². The van der Waals surface area contributed by atoms with Crippen molar-refractivity contribution in [2.24, 2.45) is 0 Å². The van der Waals surface area contributed by atoms with Gasteiger partial charge in [0.1, 0.15) is 12.4 Å². The van der Waals surface area contributed by atoms with Crippen LogP contribution < -0.4 is 10.1 Å². The number of carbonyl (C=O) groups excluding carboxylic acids is 1. The van der Waals surface area contributed by atoms with E-state index in [0.29, 0.717) is 18.9 Å². The summed E-state index contributed by atoms with van der Waals surface area (Å²) in [5.41, 5.74) is 2.24. The van der Waals surface area contributed by atoms with E-state index in [2.05, 4.69) is 23.2 Å². The van der Waals surface area contributed by atoms with Gasteiger partial charge in [0.25, 0.3) is 0 Å². The van der Waals surface area contributed by atoms with Crippen molar-refractivity contribution < 1.29 is 14.3 Å². The van der Waals surface area contributed by atoms with Gasteiger partial charge in [0.05, 0.1) is 19.0 Å². The van der Waals surface area contributed by atoms with Gasteiger partial charge in [-0.05, 0) is 36.2 Å². The summed E-state index contributed by atoms with van der Waals surface area (Å²) in [6.07, 6.45) is 0. The second kappa shape index (κ2) is 11.1. The number of carbonyl (C=O) groups is 1. The van der Waals surface area contributed by atoms with E-state index in [-0.39, 0.29) is 5.91 Å². The van der Waals surface area contributed by atoms with Crippen LogP contribution in [0.25, 0.3) is 0 Å². The summed E-state index contributed by atoms with van der Waals surface area (Å²) in [5, 5.41) is 2.99. The molecule has 1 aliphatic rings. The molecule has 6 heteroatoms. The highest BCUT2D eigenvalue weighted by atomic mass is 32.2. The fraction of sp³-hybridized carbons (Fsp3) is 0.409. The zero-order chi connectivity index (χ0) is 19.6. The van der Waals surface area contributed by atoms with Crippen molar-refractivity contribution in [3.63, 3.8) is 0 Å². The Balaban J connectivity index is 1.38. The van der Waals surface area contributed by atoms with Crippen LogP contribution in [-0.4, -0.2) is 56.0 Å². The number of rotatable bonds is 9. The molecule has 1 N–H and O–H groups in total. The lowest BCUT2D eigenvalue weighted by atomic mass is 10.2.